The first kappa shape index (κ1) is 14.4. The topological polar surface area (TPSA) is 20.3 Å². The molecule has 0 saturated carbocycles. The maximum absolute atomic E-state index is 13.0. The van der Waals surface area contributed by atoms with Gasteiger partial charge in [0.25, 0.3) is 0 Å². The lowest BCUT2D eigenvalue weighted by Gasteiger charge is -2.40. The van der Waals surface area contributed by atoms with Crippen LogP contribution in [0.1, 0.15) is 54.4 Å². The van der Waals surface area contributed by atoms with Crippen molar-refractivity contribution >= 4 is 5.91 Å². The first-order valence-corrected chi connectivity index (χ1v) is 7.32. The number of carbonyl (C=O) groups is 1. The van der Waals surface area contributed by atoms with Crippen molar-refractivity contribution in [3.05, 3.63) is 23.3 Å². The molecule has 0 aromatic heterocycles. The molecule has 1 amide bonds. The van der Waals surface area contributed by atoms with Crippen molar-refractivity contribution in [2.45, 2.75) is 59.9 Å². The van der Waals surface area contributed by atoms with Gasteiger partial charge in [-0.25, -0.2) is 0 Å². The SMILES string of the molecule is CC(C)(C)C1C(=O)N(C(C)(C)C)CCC2=C1C=CC2. The van der Waals surface area contributed by atoms with E-state index in [0.717, 1.165) is 19.4 Å². The minimum absolute atomic E-state index is 0.00275. The molecule has 2 aliphatic rings. The highest BCUT2D eigenvalue weighted by Gasteiger charge is 2.42. The number of nitrogens with zero attached hydrogens (tertiary/aromatic N) is 1. The van der Waals surface area contributed by atoms with Gasteiger partial charge in [-0.3, -0.25) is 4.79 Å². The summed E-state index contributed by atoms with van der Waals surface area (Å²) in [6.07, 6.45) is 6.46. The highest BCUT2D eigenvalue weighted by atomic mass is 16.2. The molecule has 0 bridgehead atoms. The van der Waals surface area contributed by atoms with Crippen LogP contribution in [0.3, 0.4) is 0 Å². The highest BCUT2D eigenvalue weighted by Crippen LogP contribution is 2.42. The van der Waals surface area contributed by atoms with Crippen molar-refractivity contribution in [3.8, 4) is 0 Å². The molecule has 1 heterocycles. The predicted molar refractivity (Wildman–Crippen MR) is 79.8 cm³/mol. The van der Waals surface area contributed by atoms with Crippen LogP contribution in [0, 0.1) is 11.3 Å². The molecule has 0 saturated heterocycles. The molecule has 0 radical (unpaired) electrons. The summed E-state index contributed by atoms with van der Waals surface area (Å²) in [5.41, 5.74) is 2.65. The lowest BCUT2D eigenvalue weighted by atomic mass is 9.74. The summed E-state index contributed by atoms with van der Waals surface area (Å²) in [6, 6.07) is 0. The lowest BCUT2D eigenvalue weighted by Crippen LogP contribution is -2.50. The Morgan fingerprint density at radius 3 is 2.32 bits per heavy atom. The molecular weight excluding hydrogens is 234 g/mol. The van der Waals surface area contributed by atoms with E-state index in [1.807, 2.05) is 0 Å². The van der Waals surface area contributed by atoms with E-state index in [2.05, 4.69) is 58.6 Å². The zero-order valence-electron chi connectivity index (χ0n) is 13.2. The molecule has 0 fully saturated rings. The summed E-state index contributed by atoms with van der Waals surface area (Å²) in [4.78, 5) is 15.1. The maximum Gasteiger partial charge on any atom is 0.231 e. The van der Waals surface area contributed by atoms with Gasteiger partial charge < -0.3 is 4.90 Å². The molecule has 19 heavy (non-hydrogen) atoms. The number of carbonyl (C=O) groups excluding carboxylic acids is 1. The van der Waals surface area contributed by atoms with Gasteiger partial charge in [0, 0.05) is 12.1 Å². The normalized spacial score (nSPS) is 24.8. The molecule has 2 nitrogen and oxygen atoms in total. The Bertz CT molecular complexity index is 443. The summed E-state index contributed by atoms with van der Waals surface area (Å²) >= 11 is 0. The van der Waals surface area contributed by atoms with Crippen LogP contribution in [0.5, 0.6) is 0 Å². The van der Waals surface area contributed by atoms with Crippen molar-refractivity contribution in [1.29, 1.82) is 0 Å². The minimum atomic E-state index is -0.0932. The van der Waals surface area contributed by atoms with Crippen molar-refractivity contribution in [3.63, 3.8) is 0 Å². The smallest absolute Gasteiger partial charge is 0.231 e. The van der Waals surface area contributed by atoms with Gasteiger partial charge in [0.05, 0.1) is 5.92 Å². The second-order valence-corrected chi connectivity index (χ2v) is 7.88. The van der Waals surface area contributed by atoms with E-state index >= 15 is 0 Å². The van der Waals surface area contributed by atoms with Crippen molar-refractivity contribution < 1.29 is 4.79 Å². The fourth-order valence-electron chi connectivity index (χ4n) is 3.26. The minimum Gasteiger partial charge on any atom is -0.337 e. The molecular formula is C17H27NO. The van der Waals surface area contributed by atoms with E-state index in [1.165, 1.54) is 11.1 Å². The molecule has 0 aromatic carbocycles. The number of hydrogen-bond acceptors (Lipinski definition) is 1. The molecule has 106 valence electrons. The third kappa shape index (κ3) is 2.63. The molecule has 0 aromatic rings. The quantitative estimate of drug-likeness (QED) is 0.647. The Morgan fingerprint density at radius 2 is 1.79 bits per heavy atom. The molecule has 2 heteroatoms. The van der Waals surface area contributed by atoms with E-state index < -0.39 is 0 Å². The standard InChI is InChI=1S/C17H27NO/c1-16(2,3)14-13-9-7-8-12(13)10-11-18(15(14)19)17(4,5)6/h7,9,14H,8,10-11H2,1-6H3. The molecule has 0 spiro atoms. The van der Waals surface area contributed by atoms with Gasteiger partial charge in [0.15, 0.2) is 0 Å². The molecule has 1 aliphatic heterocycles. The first-order valence-electron chi connectivity index (χ1n) is 7.32. The fraction of sp³-hybridized carbons (Fsp3) is 0.706. The highest BCUT2D eigenvalue weighted by molar-refractivity contribution is 5.85. The summed E-state index contributed by atoms with van der Waals surface area (Å²) < 4.78 is 0. The Hall–Kier alpha value is -1.05. The zero-order chi connectivity index (χ0) is 14.4. The number of rotatable bonds is 0. The van der Waals surface area contributed by atoms with Crippen LogP contribution >= 0.6 is 0 Å². The van der Waals surface area contributed by atoms with Crippen LogP contribution in [-0.2, 0) is 4.79 Å². The molecule has 1 atom stereocenters. The Morgan fingerprint density at radius 1 is 1.16 bits per heavy atom. The van der Waals surface area contributed by atoms with E-state index in [-0.39, 0.29) is 16.9 Å². The van der Waals surface area contributed by atoms with Crippen LogP contribution in [0.2, 0.25) is 0 Å². The second-order valence-electron chi connectivity index (χ2n) is 7.88. The monoisotopic (exact) mass is 261 g/mol. The number of allylic oxidation sites excluding steroid dienone is 2. The third-order valence-corrected chi connectivity index (χ3v) is 4.21. The van der Waals surface area contributed by atoms with Crippen LogP contribution in [0.15, 0.2) is 23.3 Å². The second kappa shape index (κ2) is 4.50. The van der Waals surface area contributed by atoms with Gasteiger partial charge in [0.2, 0.25) is 5.91 Å². The molecule has 1 unspecified atom stereocenters. The average molecular weight is 261 g/mol. The van der Waals surface area contributed by atoms with Gasteiger partial charge in [-0.05, 0) is 44.6 Å². The number of hydrogen-bond donors (Lipinski definition) is 0. The molecule has 1 aliphatic carbocycles. The third-order valence-electron chi connectivity index (χ3n) is 4.21. The van der Waals surface area contributed by atoms with E-state index in [1.54, 1.807) is 0 Å². The molecule has 2 rings (SSSR count). The van der Waals surface area contributed by atoms with Gasteiger partial charge in [0.1, 0.15) is 0 Å². The van der Waals surface area contributed by atoms with Gasteiger partial charge >= 0.3 is 0 Å². The van der Waals surface area contributed by atoms with Crippen LogP contribution in [0.4, 0.5) is 0 Å². The van der Waals surface area contributed by atoms with Gasteiger partial charge in [-0.15, -0.1) is 0 Å². The Kier molecular flexibility index (Phi) is 3.40. The van der Waals surface area contributed by atoms with Crippen LogP contribution in [-0.4, -0.2) is 22.9 Å². The van der Waals surface area contributed by atoms with Crippen LogP contribution < -0.4 is 0 Å². The van der Waals surface area contributed by atoms with Crippen molar-refractivity contribution in [2.24, 2.45) is 11.3 Å². The molecule has 0 N–H and O–H groups in total. The lowest BCUT2D eigenvalue weighted by molar-refractivity contribution is -0.141. The van der Waals surface area contributed by atoms with Gasteiger partial charge in [-0.1, -0.05) is 38.5 Å². The van der Waals surface area contributed by atoms with Gasteiger partial charge in [-0.2, -0.15) is 0 Å². The Labute approximate surface area is 117 Å². The van der Waals surface area contributed by atoms with Crippen molar-refractivity contribution in [2.75, 3.05) is 6.54 Å². The van der Waals surface area contributed by atoms with Crippen LogP contribution in [0.25, 0.3) is 0 Å². The zero-order valence-corrected chi connectivity index (χ0v) is 13.2. The van der Waals surface area contributed by atoms with Crippen molar-refractivity contribution in [1.82, 2.24) is 4.90 Å². The van der Waals surface area contributed by atoms with E-state index in [4.69, 9.17) is 0 Å². The number of amides is 1. The summed E-state index contributed by atoms with van der Waals surface area (Å²) in [7, 11) is 0. The average Bonchev–Trinajstić information content (AvgIpc) is 2.57. The predicted octanol–water partition coefficient (Wildman–Crippen LogP) is 3.94. The summed E-state index contributed by atoms with van der Waals surface area (Å²) in [5.74, 6) is 0.305. The maximum atomic E-state index is 13.0. The van der Waals surface area contributed by atoms with E-state index in [0.29, 0.717) is 5.91 Å². The Balaban J connectivity index is 2.45. The summed E-state index contributed by atoms with van der Waals surface area (Å²) in [5, 5.41) is 0. The summed E-state index contributed by atoms with van der Waals surface area (Å²) in [6.45, 7) is 13.8. The van der Waals surface area contributed by atoms with E-state index in [9.17, 15) is 4.79 Å². The first-order chi connectivity index (χ1) is 8.62. The fourth-order valence-corrected chi connectivity index (χ4v) is 3.26. The largest absolute Gasteiger partial charge is 0.337 e.